The van der Waals surface area contributed by atoms with E-state index in [-0.39, 0.29) is 0 Å². The fourth-order valence-electron chi connectivity index (χ4n) is 2.82. The van der Waals surface area contributed by atoms with E-state index in [1.54, 1.807) is 49.6 Å². The predicted molar refractivity (Wildman–Crippen MR) is 154 cm³/mol. The minimum Gasteiger partial charge on any atom is -0.265 e. The Balaban J connectivity index is 0.000000142. The van der Waals surface area contributed by atoms with Gasteiger partial charge in [0, 0.05) is 49.6 Å². The van der Waals surface area contributed by atoms with Gasteiger partial charge in [-0.2, -0.15) is 0 Å². The largest absolute Gasteiger partial charge is 0.265 e. The summed E-state index contributed by atoms with van der Waals surface area (Å²) >= 11 is 0. The molecule has 0 amide bonds. The molecule has 0 fully saturated rings. The van der Waals surface area contributed by atoms with Crippen molar-refractivity contribution in [3.63, 3.8) is 0 Å². The first-order valence-electron chi connectivity index (χ1n) is 11.9. The van der Waals surface area contributed by atoms with Crippen molar-refractivity contribution in [1.29, 1.82) is 0 Å². The molecule has 0 saturated heterocycles. The molecule has 0 aliphatic rings. The van der Waals surface area contributed by atoms with Gasteiger partial charge in [-0.3, -0.25) is 19.9 Å². The molecule has 0 aliphatic heterocycles. The first-order valence-corrected chi connectivity index (χ1v) is 11.9. The number of benzene rings is 2. The van der Waals surface area contributed by atoms with Crippen molar-refractivity contribution in [1.82, 2.24) is 29.9 Å². The van der Waals surface area contributed by atoms with Crippen LogP contribution in [-0.4, -0.2) is 29.9 Å². The van der Waals surface area contributed by atoms with Crippen LogP contribution in [0.2, 0.25) is 0 Å². The van der Waals surface area contributed by atoms with E-state index in [9.17, 15) is 0 Å². The van der Waals surface area contributed by atoms with Gasteiger partial charge in [-0.15, -0.1) is 0 Å². The minimum absolute atomic E-state index is 0.950. The van der Waals surface area contributed by atoms with Gasteiger partial charge in [0.15, 0.2) is 0 Å². The molecular formula is C32H28N6. The third-order valence-corrected chi connectivity index (χ3v) is 4.51. The van der Waals surface area contributed by atoms with Crippen molar-refractivity contribution in [3.05, 3.63) is 171 Å². The highest BCUT2D eigenvalue weighted by Crippen LogP contribution is 2.14. The van der Waals surface area contributed by atoms with Crippen LogP contribution in [0.3, 0.4) is 0 Å². The Labute approximate surface area is 222 Å². The van der Waals surface area contributed by atoms with Crippen molar-refractivity contribution >= 4 is 22.1 Å². The Bertz CT molecular complexity index is 1160. The summed E-state index contributed by atoms with van der Waals surface area (Å²) in [6.45, 7) is 0. The number of hydrogen-bond acceptors (Lipinski definition) is 6. The summed E-state index contributed by atoms with van der Waals surface area (Å²) in [5, 5.41) is 0. The van der Waals surface area contributed by atoms with Crippen LogP contribution in [0.5, 0.6) is 0 Å². The van der Waals surface area contributed by atoms with Crippen molar-refractivity contribution in [2.45, 2.75) is 0 Å². The number of nitrogens with zero attached hydrogens (tertiary/aromatic N) is 6. The summed E-state index contributed by atoms with van der Waals surface area (Å²) in [5.74, 6) is 0. The lowest BCUT2D eigenvalue weighted by molar-refractivity contribution is 1.33. The maximum atomic E-state index is 4.52. The Kier molecular flexibility index (Phi) is 12.9. The number of hydrogen-bond donors (Lipinski definition) is 0. The molecule has 0 bridgehead atoms. The van der Waals surface area contributed by atoms with Crippen LogP contribution in [0, 0.1) is 0 Å². The van der Waals surface area contributed by atoms with Crippen LogP contribution in [0.4, 0.5) is 0 Å². The predicted octanol–water partition coefficient (Wildman–Crippen LogP) is 7.11. The monoisotopic (exact) mass is 496 g/mol. The SMILES string of the molecule is c1ccc2nc3ccccc3nc2c1.c1ccncc1.c1ccncc1.c1ccncc1.c1ccncc1. The van der Waals surface area contributed by atoms with Gasteiger partial charge in [-0.25, -0.2) is 9.97 Å². The number of pyridine rings is 4. The molecule has 0 aliphatic carbocycles. The van der Waals surface area contributed by atoms with Crippen LogP contribution in [0.15, 0.2) is 171 Å². The molecule has 0 N–H and O–H groups in total. The van der Waals surface area contributed by atoms with Crippen molar-refractivity contribution in [2.75, 3.05) is 0 Å². The van der Waals surface area contributed by atoms with Crippen molar-refractivity contribution < 1.29 is 0 Å². The molecule has 5 aromatic heterocycles. The lowest BCUT2D eigenvalue weighted by Gasteiger charge is -1.98. The van der Waals surface area contributed by atoms with E-state index in [1.165, 1.54) is 0 Å². The zero-order valence-corrected chi connectivity index (χ0v) is 20.8. The molecule has 0 atom stereocenters. The summed E-state index contributed by atoms with van der Waals surface area (Å²) in [6, 6.07) is 38.7. The van der Waals surface area contributed by atoms with Crippen LogP contribution in [-0.2, 0) is 0 Å². The van der Waals surface area contributed by atoms with Crippen molar-refractivity contribution in [3.8, 4) is 0 Å². The molecule has 6 nitrogen and oxygen atoms in total. The third kappa shape index (κ3) is 11.4. The lowest BCUT2D eigenvalue weighted by Crippen LogP contribution is -1.85. The standard InChI is InChI=1S/C12H8N2.4C5H5N/c1-2-6-10-9(5-1)13-11-7-3-4-8-12(11)14-10;4*1-2-4-6-5-3-1/h1-8H;4*1-5H. The number of para-hydroxylation sites is 4. The van der Waals surface area contributed by atoms with Gasteiger partial charge in [0.2, 0.25) is 0 Å². The first kappa shape index (κ1) is 27.2. The highest BCUT2D eigenvalue weighted by Gasteiger charge is 1.98. The molecule has 0 unspecified atom stereocenters. The summed E-state index contributed by atoms with van der Waals surface area (Å²) in [4.78, 5) is 24.2. The average Bonchev–Trinajstić information content (AvgIpc) is 3.05. The van der Waals surface area contributed by atoms with Crippen molar-refractivity contribution in [2.24, 2.45) is 0 Å². The molecule has 7 rings (SSSR count). The normalized spacial score (nSPS) is 9.05. The molecule has 0 saturated carbocycles. The Hall–Kier alpha value is -5.36. The van der Waals surface area contributed by atoms with Gasteiger partial charge >= 0.3 is 0 Å². The number of fused-ring (bicyclic) bond motifs is 2. The summed E-state index contributed by atoms with van der Waals surface area (Å²) in [7, 11) is 0. The first-order chi connectivity index (χ1) is 18.9. The van der Waals surface area contributed by atoms with Gasteiger partial charge in [0.1, 0.15) is 0 Å². The second-order valence-electron chi connectivity index (χ2n) is 7.30. The molecule has 0 spiro atoms. The Morgan fingerprint density at radius 3 is 0.579 bits per heavy atom. The van der Waals surface area contributed by atoms with Crippen LogP contribution >= 0.6 is 0 Å². The van der Waals surface area contributed by atoms with Gasteiger partial charge in [0.25, 0.3) is 0 Å². The molecule has 38 heavy (non-hydrogen) atoms. The lowest BCUT2D eigenvalue weighted by atomic mass is 10.2. The van der Waals surface area contributed by atoms with Gasteiger partial charge < -0.3 is 0 Å². The maximum Gasteiger partial charge on any atom is 0.0894 e. The molecule has 186 valence electrons. The molecule has 5 heterocycles. The van der Waals surface area contributed by atoms with E-state index in [2.05, 4.69) is 29.9 Å². The number of aromatic nitrogens is 6. The van der Waals surface area contributed by atoms with Gasteiger partial charge in [-0.05, 0) is 72.8 Å². The molecule has 0 radical (unpaired) electrons. The second kappa shape index (κ2) is 18.0. The maximum absolute atomic E-state index is 4.52. The van der Waals surface area contributed by atoms with E-state index in [0.717, 1.165) is 22.1 Å². The zero-order valence-electron chi connectivity index (χ0n) is 20.8. The van der Waals surface area contributed by atoms with Gasteiger partial charge in [0.05, 0.1) is 22.1 Å². The fourth-order valence-corrected chi connectivity index (χ4v) is 2.82. The molecule has 2 aromatic carbocycles. The smallest absolute Gasteiger partial charge is 0.0894 e. The number of rotatable bonds is 0. The quantitative estimate of drug-likeness (QED) is 0.208. The van der Waals surface area contributed by atoms with E-state index in [1.807, 2.05) is 121 Å². The van der Waals surface area contributed by atoms with E-state index in [4.69, 9.17) is 0 Å². The molecule has 6 heteroatoms. The fraction of sp³-hybridized carbons (Fsp3) is 0. The van der Waals surface area contributed by atoms with E-state index in [0.29, 0.717) is 0 Å². The summed E-state index contributed by atoms with van der Waals surface area (Å²) in [5.41, 5.74) is 3.80. The summed E-state index contributed by atoms with van der Waals surface area (Å²) < 4.78 is 0. The van der Waals surface area contributed by atoms with Crippen LogP contribution in [0.25, 0.3) is 22.1 Å². The van der Waals surface area contributed by atoms with Crippen LogP contribution in [0.1, 0.15) is 0 Å². The third-order valence-electron chi connectivity index (χ3n) is 4.51. The van der Waals surface area contributed by atoms with E-state index >= 15 is 0 Å². The highest BCUT2D eigenvalue weighted by molar-refractivity contribution is 5.85. The second-order valence-corrected chi connectivity index (χ2v) is 7.30. The van der Waals surface area contributed by atoms with Gasteiger partial charge in [-0.1, -0.05) is 48.5 Å². The van der Waals surface area contributed by atoms with E-state index < -0.39 is 0 Å². The molecule has 7 aromatic rings. The topological polar surface area (TPSA) is 77.3 Å². The van der Waals surface area contributed by atoms with Crippen LogP contribution < -0.4 is 0 Å². The Morgan fingerprint density at radius 1 is 0.237 bits per heavy atom. The average molecular weight is 497 g/mol. The molecular weight excluding hydrogens is 468 g/mol. The summed E-state index contributed by atoms with van der Waals surface area (Å²) in [6.07, 6.45) is 14.0. The zero-order chi connectivity index (χ0) is 26.4. The Morgan fingerprint density at radius 2 is 0.447 bits per heavy atom. The minimum atomic E-state index is 0.950. The highest BCUT2D eigenvalue weighted by atomic mass is 14.8.